The molecule has 0 bridgehead atoms. The number of benzene rings is 1. The molecule has 0 amide bonds. The number of nitriles is 1. The molecule has 104 valence electrons. The molecule has 2 N–H and O–H groups in total. The number of nitrogens with zero attached hydrogens (tertiary/aromatic N) is 2. The average molecular weight is 261 g/mol. The molecule has 1 aromatic carbocycles. The molecule has 1 atom stereocenters. The molecule has 0 saturated carbocycles. The minimum Gasteiger partial charge on any atom is -0.508 e. The topological polar surface area (TPSA) is 59.3 Å². The Balaban J connectivity index is 3.00. The third kappa shape index (κ3) is 3.87. The van der Waals surface area contributed by atoms with Gasteiger partial charge >= 0.3 is 0 Å². The van der Waals surface area contributed by atoms with E-state index < -0.39 is 0 Å². The number of hydrogen-bond acceptors (Lipinski definition) is 4. The van der Waals surface area contributed by atoms with Crippen molar-refractivity contribution in [2.45, 2.75) is 39.3 Å². The van der Waals surface area contributed by atoms with Crippen LogP contribution in [0.3, 0.4) is 0 Å². The smallest absolute Gasteiger partial charge is 0.122 e. The average Bonchev–Trinajstić information content (AvgIpc) is 2.38. The standard InChI is InChI=1S/C15H23N3O/c1-11(2)18(9-5-8-16)13-6-7-14(12(3)17-4)15(19)10-13/h6-7,10-12,17,19H,5,9H2,1-4H3. The highest BCUT2D eigenvalue weighted by molar-refractivity contribution is 5.54. The van der Waals surface area contributed by atoms with Crippen molar-refractivity contribution in [3.63, 3.8) is 0 Å². The van der Waals surface area contributed by atoms with Gasteiger partial charge in [0.15, 0.2) is 0 Å². The SMILES string of the molecule is CNC(C)c1ccc(N(CCC#N)C(C)C)cc1O. The summed E-state index contributed by atoms with van der Waals surface area (Å²) >= 11 is 0. The van der Waals surface area contributed by atoms with Crippen molar-refractivity contribution in [1.82, 2.24) is 5.32 Å². The molecule has 0 spiro atoms. The zero-order valence-electron chi connectivity index (χ0n) is 12.1. The molecule has 0 heterocycles. The fourth-order valence-electron chi connectivity index (χ4n) is 2.09. The van der Waals surface area contributed by atoms with Gasteiger partial charge in [0.1, 0.15) is 5.75 Å². The quantitative estimate of drug-likeness (QED) is 0.826. The molecular weight excluding hydrogens is 238 g/mol. The molecule has 0 aliphatic heterocycles. The minimum atomic E-state index is 0.112. The summed E-state index contributed by atoms with van der Waals surface area (Å²) in [4.78, 5) is 2.12. The Kier molecular flexibility index (Phi) is 5.65. The maximum atomic E-state index is 10.1. The summed E-state index contributed by atoms with van der Waals surface area (Å²) in [6.45, 7) is 6.84. The second kappa shape index (κ2) is 7.01. The molecule has 0 fully saturated rings. The van der Waals surface area contributed by atoms with E-state index in [1.165, 1.54) is 0 Å². The van der Waals surface area contributed by atoms with E-state index in [1.807, 2.05) is 26.1 Å². The summed E-state index contributed by atoms with van der Waals surface area (Å²) in [7, 11) is 1.87. The van der Waals surface area contributed by atoms with Crippen molar-refractivity contribution in [2.24, 2.45) is 0 Å². The van der Waals surface area contributed by atoms with Crippen LogP contribution in [0.1, 0.15) is 38.8 Å². The van der Waals surface area contributed by atoms with Crippen molar-refractivity contribution in [3.8, 4) is 11.8 Å². The lowest BCUT2D eigenvalue weighted by Gasteiger charge is -2.29. The Bertz CT molecular complexity index is 451. The van der Waals surface area contributed by atoms with Crippen LogP contribution < -0.4 is 10.2 Å². The Morgan fingerprint density at radius 2 is 2.05 bits per heavy atom. The zero-order valence-corrected chi connectivity index (χ0v) is 12.1. The van der Waals surface area contributed by atoms with Crippen LogP contribution in [-0.4, -0.2) is 24.7 Å². The normalized spacial score (nSPS) is 12.2. The van der Waals surface area contributed by atoms with Gasteiger partial charge in [0.05, 0.1) is 12.5 Å². The second-order valence-electron chi connectivity index (χ2n) is 4.95. The van der Waals surface area contributed by atoms with Crippen molar-refractivity contribution < 1.29 is 5.11 Å². The molecule has 1 unspecified atom stereocenters. The van der Waals surface area contributed by atoms with Crippen molar-refractivity contribution in [2.75, 3.05) is 18.5 Å². The molecule has 0 radical (unpaired) electrons. The number of aromatic hydroxyl groups is 1. The third-order valence-corrected chi connectivity index (χ3v) is 3.33. The summed E-state index contributed by atoms with van der Waals surface area (Å²) in [5.74, 6) is 0.293. The lowest BCUT2D eigenvalue weighted by atomic mass is 10.1. The van der Waals surface area contributed by atoms with Crippen LogP contribution in [0.4, 0.5) is 5.69 Å². The van der Waals surface area contributed by atoms with Crippen LogP contribution in [0, 0.1) is 11.3 Å². The highest BCUT2D eigenvalue weighted by Gasteiger charge is 2.14. The van der Waals surface area contributed by atoms with E-state index in [0.717, 1.165) is 11.3 Å². The fraction of sp³-hybridized carbons (Fsp3) is 0.533. The van der Waals surface area contributed by atoms with E-state index in [-0.39, 0.29) is 6.04 Å². The van der Waals surface area contributed by atoms with Crippen LogP contribution >= 0.6 is 0 Å². The first-order valence-corrected chi connectivity index (χ1v) is 6.65. The largest absolute Gasteiger partial charge is 0.508 e. The van der Waals surface area contributed by atoms with Gasteiger partial charge in [-0.1, -0.05) is 6.07 Å². The van der Waals surface area contributed by atoms with Gasteiger partial charge in [-0.3, -0.25) is 0 Å². The summed E-state index contributed by atoms with van der Waals surface area (Å²) < 4.78 is 0. The van der Waals surface area contributed by atoms with Crippen LogP contribution in [0.2, 0.25) is 0 Å². The minimum absolute atomic E-state index is 0.112. The van der Waals surface area contributed by atoms with E-state index in [9.17, 15) is 5.11 Å². The predicted octanol–water partition coefficient (Wildman–Crippen LogP) is 2.80. The molecule has 19 heavy (non-hydrogen) atoms. The first-order valence-electron chi connectivity index (χ1n) is 6.65. The highest BCUT2D eigenvalue weighted by Crippen LogP contribution is 2.29. The number of nitrogens with one attached hydrogen (secondary N) is 1. The van der Waals surface area contributed by atoms with Gasteiger partial charge in [-0.25, -0.2) is 0 Å². The van der Waals surface area contributed by atoms with E-state index in [4.69, 9.17) is 5.26 Å². The lowest BCUT2D eigenvalue weighted by Crippen LogP contribution is -2.31. The van der Waals surface area contributed by atoms with Crippen molar-refractivity contribution in [1.29, 1.82) is 5.26 Å². The van der Waals surface area contributed by atoms with Gasteiger partial charge in [-0.15, -0.1) is 0 Å². The molecule has 4 heteroatoms. The first kappa shape index (κ1) is 15.3. The van der Waals surface area contributed by atoms with Gasteiger partial charge in [-0.2, -0.15) is 5.26 Å². The predicted molar refractivity (Wildman–Crippen MR) is 78.3 cm³/mol. The lowest BCUT2D eigenvalue weighted by molar-refractivity contribution is 0.457. The number of phenols is 1. The summed E-state index contributed by atoms with van der Waals surface area (Å²) in [6, 6.07) is 8.28. The van der Waals surface area contributed by atoms with Gasteiger partial charge in [-0.05, 0) is 33.9 Å². The summed E-state index contributed by atoms with van der Waals surface area (Å²) in [6.07, 6.45) is 0.480. The molecule has 0 saturated heterocycles. The Morgan fingerprint density at radius 3 is 2.53 bits per heavy atom. The summed E-state index contributed by atoms with van der Waals surface area (Å²) in [5, 5.41) is 21.9. The number of phenolic OH excluding ortho intramolecular Hbond substituents is 1. The van der Waals surface area contributed by atoms with E-state index in [2.05, 4.69) is 30.1 Å². The maximum Gasteiger partial charge on any atom is 0.122 e. The van der Waals surface area contributed by atoms with Crippen LogP contribution in [-0.2, 0) is 0 Å². The summed E-state index contributed by atoms with van der Waals surface area (Å²) in [5.41, 5.74) is 1.84. The van der Waals surface area contributed by atoms with Gasteiger partial charge in [0.25, 0.3) is 0 Å². The van der Waals surface area contributed by atoms with Crippen molar-refractivity contribution in [3.05, 3.63) is 23.8 Å². The Hall–Kier alpha value is -1.73. The van der Waals surface area contributed by atoms with Gasteiger partial charge in [0, 0.05) is 35.9 Å². The highest BCUT2D eigenvalue weighted by atomic mass is 16.3. The number of hydrogen-bond donors (Lipinski definition) is 2. The fourth-order valence-corrected chi connectivity index (χ4v) is 2.09. The molecule has 0 aliphatic rings. The monoisotopic (exact) mass is 261 g/mol. The van der Waals surface area contributed by atoms with Gasteiger partial charge in [0.2, 0.25) is 0 Å². The van der Waals surface area contributed by atoms with E-state index >= 15 is 0 Å². The zero-order chi connectivity index (χ0) is 14.4. The van der Waals surface area contributed by atoms with Crippen LogP contribution in [0.5, 0.6) is 5.75 Å². The van der Waals surface area contributed by atoms with E-state index in [0.29, 0.717) is 24.8 Å². The molecule has 0 aromatic heterocycles. The molecule has 1 aromatic rings. The van der Waals surface area contributed by atoms with Crippen LogP contribution in [0.15, 0.2) is 18.2 Å². The second-order valence-corrected chi connectivity index (χ2v) is 4.95. The molecular formula is C15H23N3O. The van der Waals surface area contributed by atoms with E-state index in [1.54, 1.807) is 6.07 Å². The first-order chi connectivity index (χ1) is 9.01. The molecule has 1 rings (SSSR count). The number of rotatable bonds is 6. The van der Waals surface area contributed by atoms with Crippen molar-refractivity contribution >= 4 is 5.69 Å². The Labute approximate surface area is 115 Å². The third-order valence-electron chi connectivity index (χ3n) is 3.33. The van der Waals surface area contributed by atoms with Gasteiger partial charge < -0.3 is 15.3 Å². The molecule has 4 nitrogen and oxygen atoms in total. The van der Waals surface area contributed by atoms with Crippen LogP contribution in [0.25, 0.3) is 0 Å². The number of anilines is 1. The Morgan fingerprint density at radius 1 is 1.37 bits per heavy atom. The maximum absolute atomic E-state index is 10.1. The molecule has 0 aliphatic carbocycles.